The fourth-order valence-corrected chi connectivity index (χ4v) is 2.38. The minimum atomic E-state index is 0.207. The van der Waals surface area contributed by atoms with E-state index in [2.05, 4.69) is 18.7 Å². The Morgan fingerprint density at radius 1 is 1.18 bits per heavy atom. The third-order valence-corrected chi connectivity index (χ3v) is 3.65. The molecule has 0 radical (unpaired) electrons. The van der Waals surface area contributed by atoms with Gasteiger partial charge in [-0.05, 0) is 19.3 Å². The molecule has 1 rings (SSSR count). The molecule has 0 aliphatic carbocycles. The Kier molecular flexibility index (Phi) is 6.52. The fraction of sp³-hybridized carbons (Fsp3) is 0.923. The molecule has 4 heteroatoms. The quantitative estimate of drug-likeness (QED) is 0.754. The third kappa shape index (κ3) is 4.28. The monoisotopic (exact) mass is 242 g/mol. The summed E-state index contributed by atoms with van der Waals surface area (Å²) < 4.78 is 0. The summed E-state index contributed by atoms with van der Waals surface area (Å²) >= 11 is 0. The summed E-state index contributed by atoms with van der Waals surface area (Å²) in [6.07, 6.45) is 2.72. The lowest BCUT2D eigenvalue weighted by Gasteiger charge is -2.36. The van der Waals surface area contributed by atoms with Crippen molar-refractivity contribution in [2.24, 2.45) is 5.92 Å². The molecule has 0 unspecified atom stereocenters. The molecule has 1 N–H and O–H groups in total. The molecule has 0 bridgehead atoms. The number of rotatable bonds is 6. The number of aliphatic hydroxyl groups excluding tert-OH is 1. The molecule has 1 fully saturated rings. The lowest BCUT2D eigenvalue weighted by Crippen LogP contribution is -2.50. The Hall–Kier alpha value is -0.610. The number of hydrogen-bond acceptors (Lipinski definition) is 3. The van der Waals surface area contributed by atoms with Gasteiger partial charge in [0.25, 0.3) is 0 Å². The molecular formula is C13H26N2O2. The van der Waals surface area contributed by atoms with Gasteiger partial charge in [-0.25, -0.2) is 0 Å². The van der Waals surface area contributed by atoms with Gasteiger partial charge in [-0.1, -0.05) is 13.8 Å². The Bertz CT molecular complexity index is 221. The SMILES string of the molecule is CCC(CC)C(=O)N1CCN(CCCO)CC1. The molecule has 0 atom stereocenters. The standard InChI is InChI=1S/C13H26N2O2/c1-3-12(4-2)13(17)15-9-7-14(8-10-15)6-5-11-16/h12,16H,3-11H2,1-2H3. The molecule has 0 saturated carbocycles. The first-order chi connectivity index (χ1) is 8.22. The van der Waals surface area contributed by atoms with Gasteiger partial charge in [-0.3, -0.25) is 9.69 Å². The first-order valence-corrected chi connectivity index (χ1v) is 6.84. The van der Waals surface area contributed by atoms with Gasteiger partial charge >= 0.3 is 0 Å². The molecule has 0 aromatic rings. The second-order valence-electron chi connectivity index (χ2n) is 4.76. The first kappa shape index (κ1) is 14.5. The van der Waals surface area contributed by atoms with Crippen LogP contribution < -0.4 is 0 Å². The van der Waals surface area contributed by atoms with Crippen LogP contribution in [-0.2, 0) is 4.79 Å². The van der Waals surface area contributed by atoms with Crippen molar-refractivity contribution in [2.45, 2.75) is 33.1 Å². The van der Waals surface area contributed by atoms with Gasteiger partial charge in [0, 0.05) is 45.2 Å². The molecule has 1 aliphatic heterocycles. The van der Waals surface area contributed by atoms with Crippen LogP contribution in [0.4, 0.5) is 0 Å². The number of carbonyl (C=O) groups is 1. The molecule has 0 aromatic heterocycles. The zero-order chi connectivity index (χ0) is 12.7. The highest BCUT2D eigenvalue weighted by atomic mass is 16.3. The van der Waals surface area contributed by atoms with Crippen molar-refractivity contribution >= 4 is 5.91 Å². The highest BCUT2D eigenvalue weighted by molar-refractivity contribution is 5.78. The Balaban J connectivity index is 2.33. The molecule has 17 heavy (non-hydrogen) atoms. The summed E-state index contributed by atoms with van der Waals surface area (Å²) in [5, 5.41) is 8.78. The minimum Gasteiger partial charge on any atom is -0.396 e. The molecular weight excluding hydrogens is 216 g/mol. The number of piperazine rings is 1. The van der Waals surface area contributed by atoms with E-state index >= 15 is 0 Å². The van der Waals surface area contributed by atoms with E-state index in [4.69, 9.17) is 5.11 Å². The summed E-state index contributed by atoms with van der Waals surface area (Å²) in [4.78, 5) is 16.5. The van der Waals surface area contributed by atoms with Gasteiger partial charge in [-0.15, -0.1) is 0 Å². The van der Waals surface area contributed by atoms with Crippen molar-refractivity contribution in [3.05, 3.63) is 0 Å². The lowest BCUT2D eigenvalue weighted by molar-refractivity contribution is -0.137. The van der Waals surface area contributed by atoms with Gasteiger partial charge in [0.15, 0.2) is 0 Å². The predicted octanol–water partition coefficient (Wildman–Crippen LogP) is 0.949. The molecule has 1 saturated heterocycles. The summed E-state index contributed by atoms with van der Waals surface area (Å²) in [5.74, 6) is 0.538. The lowest BCUT2D eigenvalue weighted by atomic mass is 10.0. The molecule has 100 valence electrons. The Labute approximate surface area is 105 Å². The normalized spacial score (nSPS) is 17.8. The van der Waals surface area contributed by atoms with Crippen LogP contribution in [0.1, 0.15) is 33.1 Å². The van der Waals surface area contributed by atoms with E-state index in [1.54, 1.807) is 0 Å². The average Bonchev–Trinajstić information content (AvgIpc) is 2.38. The summed E-state index contributed by atoms with van der Waals surface area (Å²) in [6.45, 7) is 8.98. The van der Waals surface area contributed by atoms with Crippen LogP contribution >= 0.6 is 0 Å². The maximum atomic E-state index is 12.1. The van der Waals surface area contributed by atoms with Gasteiger partial charge in [0.1, 0.15) is 0 Å². The van der Waals surface area contributed by atoms with E-state index in [9.17, 15) is 4.79 Å². The van der Waals surface area contributed by atoms with Gasteiger partial charge in [0.2, 0.25) is 5.91 Å². The Morgan fingerprint density at radius 3 is 2.24 bits per heavy atom. The maximum absolute atomic E-state index is 12.1. The van der Waals surface area contributed by atoms with Crippen molar-refractivity contribution < 1.29 is 9.90 Å². The molecule has 1 aliphatic rings. The van der Waals surface area contributed by atoms with Crippen molar-refractivity contribution in [3.8, 4) is 0 Å². The third-order valence-electron chi connectivity index (χ3n) is 3.65. The van der Waals surface area contributed by atoms with Crippen molar-refractivity contribution in [1.29, 1.82) is 0 Å². The van der Waals surface area contributed by atoms with Gasteiger partial charge < -0.3 is 10.0 Å². The molecule has 0 aromatic carbocycles. The number of carbonyl (C=O) groups excluding carboxylic acids is 1. The first-order valence-electron chi connectivity index (χ1n) is 6.84. The van der Waals surface area contributed by atoms with E-state index in [1.165, 1.54) is 0 Å². The highest BCUT2D eigenvalue weighted by Crippen LogP contribution is 2.13. The number of aliphatic hydroxyl groups is 1. The maximum Gasteiger partial charge on any atom is 0.225 e. The van der Waals surface area contributed by atoms with Crippen LogP contribution in [0.3, 0.4) is 0 Å². The van der Waals surface area contributed by atoms with E-state index < -0.39 is 0 Å². The predicted molar refractivity (Wildman–Crippen MR) is 68.8 cm³/mol. The summed E-state index contributed by atoms with van der Waals surface area (Å²) in [6, 6.07) is 0. The van der Waals surface area contributed by atoms with Crippen LogP contribution in [0.15, 0.2) is 0 Å². The van der Waals surface area contributed by atoms with Crippen molar-refractivity contribution in [3.63, 3.8) is 0 Å². The van der Waals surface area contributed by atoms with Crippen molar-refractivity contribution in [2.75, 3.05) is 39.3 Å². The van der Waals surface area contributed by atoms with E-state index in [0.717, 1.165) is 52.0 Å². The number of amides is 1. The highest BCUT2D eigenvalue weighted by Gasteiger charge is 2.24. The zero-order valence-electron chi connectivity index (χ0n) is 11.2. The van der Waals surface area contributed by atoms with Crippen LogP contribution in [-0.4, -0.2) is 60.1 Å². The van der Waals surface area contributed by atoms with Crippen LogP contribution in [0.25, 0.3) is 0 Å². The Morgan fingerprint density at radius 2 is 1.76 bits per heavy atom. The average molecular weight is 242 g/mol. The molecule has 1 amide bonds. The van der Waals surface area contributed by atoms with E-state index in [1.807, 2.05) is 4.90 Å². The van der Waals surface area contributed by atoms with Gasteiger partial charge in [0.05, 0.1) is 0 Å². The minimum absolute atomic E-state index is 0.207. The van der Waals surface area contributed by atoms with Gasteiger partial charge in [-0.2, -0.15) is 0 Å². The largest absolute Gasteiger partial charge is 0.396 e. The summed E-state index contributed by atoms with van der Waals surface area (Å²) in [5.41, 5.74) is 0. The van der Waals surface area contributed by atoms with Crippen LogP contribution in [0.2, 0.25) is 0 Å². The second kappa shape index (κ2) is 7.67. The van der Waals surface area contributed by atoms with Crippen LogP contribution in [0, 0.1) is 5.92 Å². The smallest absolute Gasteiger partial charge is 0.225 e. The molecule has 4 nitrogen and oxygen atoms in total. The fourth-order valence-electron chi connectivity index (χ4n) is 2.38. The molecule has 1 heterocycles. The zero-order valence-corrected chi connectivity index (χ0v) is 11.2. The topological polar surface area (TPSA) is 43.8 Å². The number of nitrogens with zero attached hydrogens (tertiary/aromatic N) is 2. The summed E-state index contributed by atoms with van der Waals surface area (Å²) in [7, 11) is 0. The number of hydrogen-bond donors (Lipinski definition) is 1. The van der Waals surface area contributed by atoms with Crippen LogP contribution in [0.5, 0.6) is 0 Å². The van der Waals surface area contributed by atoms with E-state index in [0.29, 0.717) is 5.91 Å². The second-order valence-corrected chi connectivity index (χ2v) is 4.76. The van der Waals surface area contributed by atoms with E-state index in [-0.39, 0.29) is 12.5 Å². The molecule has 0 spiro atoms. The van der Waals surface area contributed by atoms with Crippen molar-refractivity contribution in [1.82, 2.24) is 9.80 Å².